The quantitative estimate of drug-likeness (QED) is 0.384. The molecule has 0 saturated heterocycles. The van der Waals surface area contributed by atoms with Crippen LogP contribution in [0.3, 0.4) is 0 Å². The van der Waals surface area contributed by atoms with Crippen molar-refractivity contribution >= 4 is 11.9 Å². The highest BCUT2D eigenvalue weighted by Gasteiger charge is 2.42. The van der Waals surface area contributed by atoms with Gasteiger partial charge in [0.2, 0.25) is 0 Å². The minimum absolute atomic E-state index is 0.0708. The third-order valence-corrected chi connectivity index (χ3v) is 2.55. The first-order valence-electron chi connectivity index (χ1n) is 7.01. The summed E-state index contributed by atoms with van der Waals surface area (Å²) < 4.78 is 57.5. The molecule has 0 saturated carbocycles. The molecule has 0 aromatic carbocycles. The molecule has 23 heavy (non-hydrogen) atoms. The Balaban J connectivity index is 4.15. The summed E-state index contributed by atoms with van der Waals surface area (Å²) in [6, 6.07) is 0. The van der Waals surface area contributed by atoms with Gasteiger partial charge in [0.25, 0.3) is 0 Å². The van der Waals surface area contributed by atoms with Gasteiger partial charge < -0.3 is 9.47 Å². The number of hydrogen-bond acceptors (Lipinski definition) is 4. The Bertz CT molecular complexity index is 428. The van der Waals surface area contributed by atoms with E-state index in [0.29, 0.717) is 12.2 Å². The number of carbonyl (C=O) groups is 2. The molecule has 0 aliphatic carbocycles. The van der Waals surface area contributed by atoms with Gasteiger partial charge in [0.1, 0.15) is 0 Å². The van der Waals surface area contributed by atoms with Gasteiger partial charge in [-0.3, -0.25) is 0 Å². The molecule has 0 radical (unpaired) electrons. The lowest BCUT2D eigenvalue weighted by Crippen LogP contribution is -2.33. The number of carbonyl (C=O) groups excluding carboxylic acids is 2. The second kappa shape index (κ2) is 8.88. The summed E-state index contributed by atoms with van der Waals surface area (Å²) in [6.45, 7) is 6.39. The molecular weight excluding hydrogens is 320 g/mol. The average Bonchev–Trinajstić information content (AvgIpc) is 2.38. The van der Waals surface area contributed by atoms with E-state index in [2.05, 4.69) is 4.74 Å². The van der Waals surface area contributed by atoms with Gasteiger partial charge in [0.15, 0.2) is 6.61 Å². The summed E-state index contributed by atoms with van der Waals surface area (Å²) in [6.07, 6.45) is -1.87. The zero-order chi connectivity index (χ0) is 18.3. The van der Waals surface area contributed by atoms with Crippen LogP contribution in [0.5, 0.6) is 0 Å². The van der Waals surface area contributed by atoms with Crippen LogP contribution in [0, 0.1) is 11.3 Å². The van der Waals surface area contributed by atoms with Crippen LogP contribution in [0.1, 0.15) is 34.1 Å². The molecule has 0 aromatic heterocycles. The van der Waals surface area contributed by atoms with Crippen molar-refractivity contribution in [1.29, 1.82) is 0 Å². The Labute approximate surface area is 132 Å². The van der Waals surface area contributed by atoms with Crippen molar-refractivity contribution in [1.82, 2.24) is 0 Å². The van der Waals surface area contributed by atoms with Gasteiger partial charge in [-0.2, -0.15) is 8.78 Å². The molecule has 4 nitrogen and oxygen atoms in total. The van der Waals surface area contributed by atoms with Crippen LogP contribution in [0.2, 0.25) is 0 Å². The Hall–Kier alpha value is -1.60. The number of rotatable bonds is 8. The zero-order valence-electron chi connectivity index (χ0n) is 13.6. The normalized spacial score (nSPS) is 14.1. The lowest BCUT2D eigenvalue weighted by Gasteiger charge is -2.22. The topological polar surface area (TPSA) is 52.6 Å². The fourth-order valence-electron chi connectivity index (χ4n) is 1.79. The molecule has 0 aliphatic heterocycles. The average molecular weight is 342 g/mol. The molecule has 1 atom stereocenters. The molecule has 0 rings (SSSR count). The van der Waals surface area contributed by atoms with Gasteiger partial charge in [-0.15, -0.1) is 0 Å². The van der Waals surface area contributed by atoms with E-state index < -0.39 is 30.9 Å². The van der Waals surface area contributed by atoms with Gasteiger partial charge >= 0.3 is 24.3 Å². The minimum Gasteiger partial charge on any atom is -0.462 e. The highest BCUT2D eigenvalue weighted by Crippen LogP contribution is 2.24. The maximum atomic E-state index is 12.5. The minimum atomic E-state index is -4.42. The summed E-state index contributed by atoms with van der Waals surface area (Å²) in [7, 11) is 0. The molecule has 0 spiro atoms. The van der Waals surface area contributed by atoms with E-state index in [1.807, 2.05) is 27.7 Å². The summed E-state index contributed by atoms with van der Waals surface area (Å²) in [5, 5.41) is 0. The summed E-state index contributed by atoms with van der Waals surface area (Å²) in [4.78, 5) is 22.4. The summed E-state index contributed by atoms with van der Waals surface area (Å²) >= 11 is 0. The number of alkyl halides is 4. The van der Waals surface area contributed by atoms with E-state index in [1.54, 1.807) is 0 Å². The van der Waals surface area contributed by atoms with Crippen molar-refractivity contribution in [3.8, 4) is 0 Å². The maximum Gasteiger partial charge on any atom is 0.340 e. The summed E-state index contributed by atoms with van der Waals surface area (Å²) in [5.41, 5.74) is 0.0708. The summed E-state index contributed by atoms with van der Waals surface area (Å²) in [5.74, 6) is -6.50. The highest BCUT2D eigenvalue weighted by molar-refractivity contribution is 5.91. The van der Waals surface area contributed by atoms with Gasteiger partial charge in [0, 0.05) is 12.2 Å². The third kappa shape index (κ3) is 10.7. The van der Waals surface area contributed by atoms with Crippen molar-refractivity contribution in [2.24, 2.45) is 11.3 Å². The SMILES string of the molecule is CC(COC(=O)/C=C/C(=O)OCC(F)(F)C(F)F)CC(C)(C)C. The van der Waals surface area contributed by atoms with E-state index in [-0.39, 0.29) is 17.9 Å². The predicted molar refractivity (Wildman–Crippen MR) is 75.2 cm³/mol. The first kappa shape index (κ1) is 21.4. The second-order valence-corrected chi connectivity index (χ2v) is 6.50. The molecule has 0 aromatic rings. The van der Waals surface area contributed by atoms with Crippen LogP contribution in [-0.2, 0) is 19.1 Å². The number of halogens is 4. The fourth-order valence-corrected chi connectivity index (χ4v) is 1.79. The van der Waals surface area contributed by atoms with Gasteiger partial charge in [-0.25, -0.2) is 18.4 Å². The lowest BCUT2D eigenvalue weighted by molar-refractivity contribution is -0.176. The largest absolute Gasteiger partial charge is 0.462 e. The van der Waals surface area contributed by atoms with E-state index in [1.165, 1.54) is 0 Å². The van der Waals surface area contributed by atoms with E-state index in [0.717, 1.165) is 6.42 Å². The van der Waals surface area contributed by atoms with Crippen molar-refractivity contribution in [3.05, 3.63) is 12.2 Å². The lowest BCUT2D eigenvalue weighted by atomic mass is 9.86. The second-order valence-electron chi connectivity index (χ2n) is 6.50. The van der Waals surface area contributed by atoms with Crippen LogP contribution < -0.4 is 0 Å². The monoisotopic (exact) mass is 342 g/mol. The van der Waals surface area contributed by atoms with E-state index in [4.69, 9.17) is 4.74 Å². The predicted octanol–water partition coefficient (Wildman–Crippen LogP) is 3.60. The molecule has 0 heterocycles. The standard InChI is InChI=1S/C15H22F4O4/c1-10(7-14(2,3)4)8-22-11(20)5-6-12(21)23-9-15(18,19)13(16)17/h5-6,10,13H,7-9H2,1-4H3/b6-5+. The van der Waals surface area contributed by atoms with E-state index >= 15 is 0 Å². The Morgan fingerprint density at radius 2 is 1.52 bits per heavy atom. The molecule has 0 bridgehead atoms. The first-order valence-corrected chi connectivity index (χ1v) is 7.01. The number of esters is 2. The Kier molecular flexibility index (Phi) is 8.26. The molecular formula is C15H22F4O4. The zero-order valence-corrected chi connectivity index (χ0v) is 13.6. The molecule has 0 fully saturated rings. The van der Waals surface area contributed by atoms with Crippen LogP contribution in [0.25, 0.3) is 0 Å². The molecule has 0 amide bonds. The molecule has 0 N–H and O–H groups in total. The van der Waals surface area contributed by atoms with Crippen LogP contribution in [-0.4, -0.2) is 37.5 Å². The van der Waals surface area contributed by atoms with Crippen LogP contribution in [0.15, 0.2) is 12.2 Å². The van der Waals surface area contributed by atoms with Crippen molar-refractivity contribution in [2.75, 3.05) is 13.2 Å². The van der Waals surface area contributed by atoms with Gasteiger partial charge in [-0.1, -0.05) is 27.7 Å². The molecule has 1 unspecified atom stereocenters. The number of ether oxygens (including phenoxy) is 2. The van der Waals surface area contributed by atoms with Crippen molar-refractivity contribution in [2.45, 2.75) is 46.5 Å². The fraction of sp³-hybridized carbons (Fsp3) is 0.733. The van der Waals surface area contributed by atoms with Crippen LogP contribution in [0.4, 0.5) is 17.6 Å². The molecule has 8 heteroatoms. The van der Waals surface area contributed by atoms with Gasteiger partial charge in [0.05, 0.1) is 6.61 Å². The Morgan fingerprint density at radius 1 is 1.04 bits per heavy atom. The van der Waals surface area contributed by atoms with E-state index in [9.17, 15) is 27.2 Å². The number of hydrogen-bond donors (Lipinski definition) is 0. The van der Waals surface area contributed by atoms with Crippen molar-refractivity contribution < 1.29 is 36.6 Å². The van der Waals surface area contributed by atoms with Gasteiger partial charge in [-0.05, 0) is 17.8 Å². The first-order chi connectivity index (χ1) is 10.3. The van der Waals surface area contributed by atoms with Crippen LogP contribution >= 0.6 is 0 Å². The smallest absolute Gasteiger partial charge is 0.340 e. The van der Waals surface area contributed by atoms with Crippen molar-refractivity contribution in [3.63, 3.8) is 0 Å². The third-order valence-electron chi connectivity index (χ3n) is 2.55. The molecule has 0 aliphatic rings. The highest BCUT2D eigenvalue weighted by atomic mass is 19.3. The molecule has 134 valence electrons. The Morgan fingerprint density at radius 3 is 1.96 bits per heavy atom. The maximum absolute atomic E-state index is 12.5.